The number of aromatic nitrogens is 1. The number of hydrogen-bond donors (Lipinski definition) is 4. The first kappa shape index (κ1) is 22.4. The fourth-order valence-corrected chi connectivity index (χ4v) is 4.37. The molecule has 1 aliphatic carbocycles. The Hall–Kier alpha value is -2.76. The van der Waals surface area contributed by atoms with Gasteiger partial charge in [0, 0.05) is 23.4 Å². The van der Waals surface area contributed by atoms with Gasteiger partial charge in [-0.15, -0.1) is 0 Å². The van der Waals surface area contributed by atoms with Crippen molar-refractivity contribution in [2.75, 3.05) is 6.54 Å². The number of H-pyrrole nitrogens is 1. The minimum Gasteiger partial charge on any atom is -0.356 e. The second kappa shape index (κ2) is 9.39. The zero-order valence-electron chi connectivity index (χ0n) is 17.2. The molecule has 3 amide bonds. The topological polar surface area (TPSA) is 127 Å². The van der Waals surface area contributed by atoms with Gasteiger partial charge in [0.2, 0.25) is 11.8 Å². The lowest BCUT2D eigenvalue weighted by Crippen LogP contribution is -2.50. The first-order valence-corrected chi connectivity index (χ1v) is 11.4. The fraction of sp³-hybridized carbons (Fsp3) is 0.455. The molecule has 2 aromatic rings. The Morgan fingerprint density at radius 1 is 1.19 bits per heavy atom. The first-order chi connectivity index (χ1) is 15.4. The van der Waals surface area contributed by atoms with E-state index in [9.17, 15) is 19.6 Å². The Bertz CT molecular complexity index is 1100. The van der Waals surface area contributed by atoms with E-state index in [0.29, 0.717) is 46.3 Å². The van der Waals surface area contributed by atoms with Crippen molar-refractivity contribution in [3.63, 3.8) is 0 Å². The monoisotopic (exact) mass is 475 g/mol. The van der Waals surface area contributed by atoms with Crippen LogP contribution in [-0.4, -0.2) is 41.3 Å². The second-order valence-corrected chi connectivity index (χ2v) is 9.20. The SMILES string of the molecule is N#C[C@H](CC1CCNC1=O)NC(=O)[C@H](CC1CC1)NC(=O)c1cc2c(Cl)c(Cl)ccc2[nH]1. The van der Waals surface area contributed by atoms with Gasteiger partial charge < -0.3 is 20.9 Å². The van der Waals surface area contributed by atoms with E-state index >= 15 is 0 Å². The van der Waals surface area contributed by atoms with Crippen molar-refractivity contribution in [1.82, 2.24) is 20.9 Å². The number of halogens is 2. The van der Waals surface area contributed by atoms with Crippen molar-refractivity contribution in [3.05, 3.63) is 33.9 Å². The van der Waals surface area contributed by atoms with Crippen molar-refractivity contribution < 1.29 is 14.4 Å². The van der Waals surface area contributed by atoms with E-state index in [1.807, 2.05) is 0 Å². The number of nitrogens with zero attached hydrogens (tertiary/aromatic N) is 1. The van der Waals surface area contributed by atoms with Gasteiger partial charge in [0.1, 0.15) is 17.8 Å². The lowest BCUT2D eigenvalue weighted by atomic mass is 9.98. The lowest BCUT2D eigenvalue weighted by molar-refractivity contribution is -0.125. The molecule has 1 aromatic carbocycles. The molecule has 2 heterocycles. The molecule has 3 atom stereocenters. The minimum atomic E-state index is -0.802. The van der Waals surface area contributed by atoms with Crippen molar-refractivity contribution in [2.24, 2.45) is 11.8 Å². The van der Waals surface area contributed by atoms with Crippen LogP contribution in [0.1, 0.15) is 42.6 Å². The Balaban J connectivity index is 1.45. The third-order valence-electron chi connectivity index (χ3n) is 5.98. The molecule has 2 fully saturated rings. The third-order valence-corrected chi connectivity index (χ3v) is 6.80. The van der Waals surface area contributed by atoms with Crippen LogP contribution >= 0.6 is 23.2 Å². The van der Waals surface area contributed by atoms with E-state index in [-0.39, 0.29) is 23.9 Å². The van der Waals surface area contributed by atoms with E-state index in [0.717, 1.165) is 12.8 Å². The van der Waals surface area contributed by atoms with Crippen LogP contribution in [0.15, 0.2) is 18.2 Å². The molecular weight excluding hydrogens is 453 g/mol. The van der Waals surface area contributed by atoms with Gasteiger partial charge in [0.05, 0.1) is 16.1 Å². The van der Waals surface area contributed by atoms with Crippen LogP contribution in [0.5, 0.6) is 0 Å². The number of carbonyl (C=O) groups excluding carboxylic acids is 3. The summed E-state index contributed by atoms with van der Waals surface area (Å²) in [6, 6.07) is 5.44. The summed E-state index contributed by atoms with van der Waals surface area (Å²) in [6.07, 6.45) is 3.39. The quantitative estimate of drug-likeness (QED) is 0.467. The normalized spacial score (nSPS) is 19.8. The van der Waals surface area contributed by atoms with E-state index in [1.54, 1.807) is 18.2 Å². The number of nitriles is 1. The van der Waals surface area contributed by atoms with E-state index < -0.39 is 23.9 Å². The summed E-state index contributed by atoms with van der Waals surface area (Å²) >= 11 is 12.3. The zero-order chi connectivity index (χ0) is 22.8. The zero-order valence-corrected chi connectivity index (χ0v) is 18.7. The molecule has 0 bridgehead atoms. The lowest BCUT2D eigenvalue weighted by Gasteiger charge is -2.21. The van der Waals surface area contributed by atoms with Crippen molar-refractivity contribution in [2.45, 2.75) is 44.2 Å². The highest BCUT2D eigenvalue weighted by Gasteiger charge is 2.33. The van der Waals surface area contributed by atoms with Crippen molar-refractivity contribution in [3.8, 4) is 6.07 Å². The number of aromatic amines is 1. The van der Waals surface area contributed by atoms with E-state index in [4.69, 9.17) is 23.2 Å². The predicted octanol–water partition coefficient (Wildman–Crippen LogP) is 2.91. The number of benzene rings is 1. The summed E-state index contributed by atoms with van der Waals surface area (Å²) < 4.78 is 0. The average Bonchev–Trinajstić information content (AvgIpc) is 3.33. The molecular formula is C22H23Cl2N5O3. The molecule has 1 unspecified atom stereocenters. The molecule has 1 aliphatic heterocycles. The largest absolute Gasteiger partial charge is 0.356 e. The molecule has 8 nitrogen and oxygen atoms in total. The maximum Gasteiger partial charge on any atom is 0.268 e. The number of fused-ring (bicyclic) bond motifs is 1. The summed E-state index contributed by atoms with van der Waals surface area (Å²) in [4.78, 5) is 40.6. The van der Waals surface area contributed by atoms with Gasteiger partial charge in [-0.3, -0.25) is 14.4 Å². The Labute approximate surface area is 195 Å². The van der Waals surface area contributed by atoms with Crippen LogP contribution in [0.3, 0.4) is 0 Å². The maximum atomic E-state index is 12.9. The smallest absolute Gasteiger partial charge is 0.268 e. The van der Waals surface area contributed by atoms with Gasteiger partial charge in [0.25, 0.3) is 5.91 Å². The summed E-state index contributed by atoms with van der Waals surface area (Å²) in [5, 5.41) is 19.0. The number of hydrogen-bond acceptors (Lipinski definition) is 4. The molecule has 0 radical (unpaired) electrons. The molecule has 10 heteroatoms. The highest BCUT2D eigenvalue weighted by atomic mass is 35.5. The van der Waals surface area contributed by atoms with Gasteiger partial charge in [-0.2, -0.15) is 5.26 Å². The molecule has 1 aromatic heterocycles. The highest BCUT2D eigenvalue weighted by Crippen LogP contribution is 2.34. The Morgan fingerprint density at radius 3 is 2.62 bits per heavy atom. The predicted molar refractivity (Wildman–Crippen MR) is 120 cm³/mol. The summed E-state index contributed by atoms with van der Waals surface area (Å²) in [5.41, 5.74) is 0.921. The van der Waals surface area contributed by atoms with Gasteiger partial charge >= 0.3 is 0 Å². The summed E-state index contributed by atoms with van der Waals surface area (Å²) in [6.45, 7) is 0.579. The highest BCUT2D eigenvalue weighted by molar-refractivity contribution is 6.45. The molecule has 1 saturated heterocycles. The minimum absolute atomic E-state index is 0.0973. The van der Waals surface area contributed by atoms with Crippen LogP contribution in [0.2, 0.25) is 10.0 Å². The van der Waals surface area contributed by atoms with Crippen LogP contribution < -0.4 is 16.0 Å². The maximum absolute atomic E-state index is 12.9. The van der Waals surface area contributed by atoms with Crippen LogP contribution in [0.4, 0.5) is 0 Å². The molecule has 4 N–H and O–H groups in total. The fourth-order valence-electron chi connectivity index (χ4n) is 3.99. The van der Waals surface area contributed by atoms with Gasteiger partial charge in [-0.1, -0.05) is 36.0 Å². The van der Waals surface area contributed by atoms with Crippen LogP contribution in [-0.2, 0) is 9.59 Å². The standard InChI is InChI=1S/C22H23Cl2N5O3/c23-15-3-4-16-14(19(15)24)9-18(28-16)22(32)29-17(7-11-1-2-11)21(31)27-13(10-25)8-12-5-6-26-20(12)30/h3-4,9,11-13,17,28H,1-2,5-8H2,(H,26,30)(H,27,31)(H,29,32)/t12?,13-,17-/m0/s1. The first-order valence-electron chi connectivity index (χ1n) is 10.6. The molecule has 0 spiro atoms. The van der Waals surface area contributed by atoms with E-state index in [2.05, 4.69) is 27.0 Å². The number of rotatable bonds is 8. The molecule has 32 heavy (non-hydrogen) atoms. The van der Waals surface area contributed by atoms with Crippen molar-refractivity contribution >= 4 is 51.8 Å². The Morgan fingerprint density at radius 2 is 1.97 bits per heavy atom. The molecule has 1 saturated carbocycles. The summed E-state index contributed by atoms with van der Waals surface area (Å²) in [7, 11) is 0. The van der Waals surface area contributed by atoms with E-state index in [1.165, 1.54) is 0 Å². The van der Waals surface area contributed by atoms with Gasteiger partial charge in [0.15, 0.2) is 0 Å². The molecule has 4 rings (SSSR count). The van der Waals surface area contributed by atoms with Gasteiger partial charge in [-0.05, 0) is 43.4 Å². The second-order valence-electron chi connectivity index (χ2n) is 8.41. The van der Waals surface area contributed by atoms with Crippen LogP contribution in [0.25, 0.3) is 10.9 Å². The third kappa shape index (κ3) is 5.00. The van der Waals surface area contributed by atoms with Gasteiger partial charge in [-0.25, -0.2) is 0 Å². The number of amides is 3. The number of carbonyl (C=O) groups is 3. The summed E-state index contributed by atoms with van der Waals surface area (Å²) in [5.74, 6) is -0.896. The van der Waals surface area contributed by atoms with Crippen molar-refractivity contribution in [1.29, 1.82) is 5.26 Å². The average molecular weight is 476 g/mol. The van der Waals surface area contributed by atoms with Crippen LogP contribution in [0, 0.1) is 23.2 Å². The molecule has 2 aliphatic rings. The Kier molecular flexibility index (Phi) is 6.58. The number of nitrogens with one attached hydrogen (secondary N) is 4. The molecule has 168 valence electrons.